The number of imidazole rings is 1. The van der Waals surface area contributed by atoms with Crippen LogP contribution >= 0.6 is 22.6 Å². The standard InChI is InChI=1S/C15H14IN3/c1-18(2)13-7-5-6-11(16)15(13)12-10-19-9-4-3-8-14(19)17-12/h3-10H,1-2H3. The first-order valence-electron chi connectivity index (χ1n) is 6.07. The Labute approximate surface area is 126 Å². The number of halogens is 1. The van der Waals surface area contributed by atoms with Gasteiger partial charge in [-0.1, -0.05) is 12.1 Å². The molecule has 0 N–H and O–H groups in total. The number of benzene rings is 1. The zero-order chi connectivity index (χ0) is 13.4. The average molecular weight is 363 g/mol. The second-order valence-electron chi connectivity index (χ2n) is 4.62. The smallest absolute Gasteiger partial charge is 0.137 e. The molecule has 3 aromatic rings. The SMILES string of the molecule is CN(C)c1cccc(I)c1-c1cn2ccccc2n1. The molecule has 4 heteroatoms. The fraction of sp³-hybridized carbons (Fsp3) is 0.133. The zero-order valence-electron chi connectivity index (χ0n) is 10.8. The highest BCUT2D eigenvalue weighted by Crippen LogP contribution is 2.33. The lowest BCUT2D eigenvalue weighted by Crippen LogP contribution is -2.10. The molecule has 2 aromatic heterocycles. The molecule has 0 amide bonds. The Morgan fingerprint density at radius 1 is 1.11 bits per heavy atom. The number of anilines is 1. The third kappa shape index (κ3) is 2.20. The quantitative estimate of drug-likeness (QED) is 0.648. The number of nitrogens with zero attached hydrogens (tertiary/aromatic N) is 3. The van der Waals surface area contributed by atoms with Crippen LogP contribution in [-0.4, -0.2) is 23.5 Å². The summed E-state index contributed by atoms with van der Waals surface area (Å²) >= 11 is 2.37. The van der Waals surface area contributed by atoms with Gasteiger partial charge in [-0.25, -0.2) is 4.98 Å². The highest BCUT2D eigenvalue weighted by atomic mass is 127. The molecule has 0 aliphatic rings. The molecule has 0 fully saturated rings. The summed E-state index contributed by atoms with van der Waals surface area (Å²) in [6, 6.07) is 12.4. The van der Waals surface area contributed by atoms with Gasteiger partial charge in [0, 0.05) is 41.3 Å². The second kappa shape index (κ2) is 4.85. The van der Waals surface area contributed by atoms with Crippen molar-refractivity contribution < 1.29 is 0 Å². The normalized spacial score (nSPS) is 10.9. The summed E-state index contributed by atoms with van der Waals surface area (Å²) in [5.41, 5.74) is 4.37. The molecule has 0 spiro atoms. The maximum absolute atomic E-state index is 4.72. The number of pyridine rings is 1. The third-order valence-corrected chi connectivity index (χ3v) is 3.99. The maximum Gasteiger partial charge on any atom is 0.137 e. The van der Waals surface area contributed by atoms with Crippen LogP contribution in [0, 0.1) is 3.57 Å². The van der Waals surface area contributed by atoms with Crippen molar-refractivity contribution in [3.63, 3.8) is 0 Å². The van der Waals surface area contributed by atoms with Gasteiger partial charge in [-0.2, -0.15) is 0 Å². The number of hydrogen-bond acceptors (Lipinski definition) is 2. The van der Waals surface area contributed by atoms with E-state index in [1.807, 2.05) is 24.4 Å². The van der Waals surface area contributed by atoms with Crippen molar-refractivity contribution in [1.82, 2.24) is 9.38 Å². The van der Waals surface area contributed by atoms with E-state index in [9.17, 15) is 0 Å². The zero-order valence-corrected chi connectivity index (χ0v) is 13.0. The van der Waals surface area contributed by atoms with Crippen LogP contribution in [0.1, 0.15) is 0 Å². The molecule has 0 unspecified atom stereocenters. The lowest BCUT2D eigenvalue weighted by Gasteiger charge is -2.17. The monoisotopic (exact) mass is 363 g/mol. The summed E-state index contributed by atoms with van der Waals surface area (Å²) in [5.74, 6) is 0. The first kappa shape index (κ1) is 12.5. The summed E-state index contributed by atoms with van der Waals surface area (Å²) in [4.78, 5) is 6.84. The highest BCUT2D eigenvalue weighted by Gasteiger charge is 2.13. The van der Waals surface area contributed by atoms with E-state index in [0.717, 1.165) is 11.3 Å². The van der Waals surface area contributed by atoms with E-state index in [0.29, 0.717) is 0 Å². The highest BCUT2D eigenvalue weighted by molar-refractivity contribution is 14.1. The van der Waals surface area contributed by atoms with Crippen LogP contribution < -0.4 is 4.90 Å². The first-order chi connectivity index (χ1) is 9.16. The van der Waals surface area contributed by atoms with Crippen molar-refractivity contribution in [3.8, 4) is 11.3 Å². The summed E-state index contributed by atoms with van der Waals surface area (Å²) in [6.45, 7) is 0. The molecule has 0 aliphatic carbocycles. The Hall–Kier alpha value is -1.56. The predicted octanol–water partition coefficient (Wildman–Crippen LogP) is 3.67. The number of fused-ring (bicyclic) bond motifs is 1. The van der Waals surface area contributed by atoms with Gasteiger partial charge in [-0.3, -0.25) is 0 Å². The van der Waals surface area contributed by atoms with Crippen molar-refractivity contribution in [1.29, 1.82) is 0 Å². The third-order valence-electron chi connectivity index (χ3n) is 3.09. The van der Waals surface area contributed by atoms with Crippen LogP contribution in [0.4, 0.5) is 5.69 Å². The summed E-state index contributed by atoms with van der Waals surface area (Å²) in [7, 11) is 4.12. The van der Waals surface area contributed by atoms with Gasteiger partial charge in [0.2, 0.25) is 0 Å². The summed E-state index contributed by atoms with van der Waals surface area (Å²) < 4.78 is 3.27. The van der Waals surface area contributed by atoms with Gasteiger partial charge in [0.1, 0.15) is 5.65 Å². The molecule has 1 aromatic carbocycles. The average Bonchev–Trinajstić information content (AvgIpc) is 2.81. The molecule has 0 bridgehead atoms. The van der Waals surface area contributed by atoms with Crippen molar-refractivity contribution in [3.05, 3.63) is 52.4 Å². The molecule has 3 rings (SSSR count). The topological polar surface area (TPSA) is 20.5 Å². The van der Waals surface area contributed by atoms with E-state index in [2.05, 4.69) is 70.4 Å². The predicted molar refractivity (Wildman–Crippen MR) is 87.7 cm³/mol. The lowest BCUT2D eigenvalue weighted by atomic mass is 10.1. The Kier molecular flexibility index (Phi) is 3.18. The van der Waals surface area contributed by atoms with Crippen molar-refractivity contribution in [2.75, 3.05) is 19.0 Å². The minimum atomic E-state index is 0.974. The van der Waals surface area contributed by atoms with E-state index in [1.54, 1.807) is 0 Å². The molecule has 3 nitrogen and oxygen atoms in total. The fourth-order valence-electron chi connectivity index (χ4n) is 2.19. The maximum atomic E-state index is 4.72. The number of hydrogen-bond donors (Lipinski definition) is 0. The minimum absolute atomic E-state index is 0.974. The van der Waals surface area contributed by atoms with Gasteiger partial charge in [0.15, 0.2) is 0 Å². The molecular weight excluding hydrogens is 349 g/mol. The van der Waals surface area contributed by atoms with Gasteiger partial charge in [-0.05, 0) is 46.9 Å². The number of aromatic nitrogens is 2. The fourth-order valence-corrected chi connectivity index (χ4v) is 2.95. The van der Waals surface area contributed by atoms with Crippen LogP contribution in [0.3, 0.4) is 0 Å². The molecule has 0 saturated carbocycles. The van der Waals surface area contributed by atoms with Crippen LogP contribution in [0.25, 0.3) is 16.9 Å². The van der Waals surface area contributed by atoms with E-state index in [-0.39, 0.29) is 0 Å². The number of rotatable bonds is 2. The molecule has 0 saturated heterocycles. The molecule has 19 heavy (non-hydrogen) atoms. The summed E-state index contributed by atoms with van der Waals surface area (Å²) in [6.07, 6.45) is 4.11. The Morgan fingerprint density at radius 2 is 1.95 bits per heavy atom. The van der Waals surface area contributed by atoms with E-state index < -0.39 is 0 Å². The van der Waals surface area contributed by atoms with Crippen LogP contribution in [-0.2, 0) is 0 Å². The van der Waals surface area contributed by atoms with Gasteiger partial charge in [0.05, 0.1) is 5.69 Å². The second-order valence-corrected chi connectivity index (χ2v) is 5.78. The molecule has 0 atom stereocenters. The Balaban J connectivity index is 2.26. The first-order valence-corrected chi connectivity index (χ1v) is 7.14. The molecule has 2 heterocycles. The van der Waals surface area contributed by atoms with Crippen LogP contribution in [0.2, 0.25) is 0 Å². The van der Waals surface area contributed by atoms with Crippen molar-refractivity contribution in [2.24, 2.45) is 0 Å². The van der Waals surface area contributed by atoms with Crippen LogP contribution in [0.15, 0.2) is 48.8 Å². The van der Waals surface area contributed by atoms with E-state index >= 15 is 0 Å². The van der Waals surface area contributed by atoms with E-state index in [1.165, 1.54) is 14.8 Å². The lowest BCUT2D eigenvalue weighted by molar-refractivity contribution is 1.13. The van der Waals surface area contributed by atoms with Crippen molar-refractivity contribution in [2.45, 2.75) is 0 Å². The molecular formula is C15H14IN3. The summed E-state index contributed by atoms with van der Waals surface area (Å²) in [5, 5.41) is 0. The molecule has 96 valence electrons. The van der Waals surface area contributed by atoms with Gasteiger partial charge in [0.25, 0.3) is 0 Å². The van der Waals surface area contributed by atoms with Gasteiger partial charge in [-0.15, -0.1) is 0 Å². The van der Waals surface area contributed by atoms with Gasteiger partial charge < -0.3 is 9.30 Å². The van der Waals surface area contributed by atoms with E-state index in [4.69, 9.17) is 4.98 Å². The van der Waals surface area contributed by atoms with Gasteiger partial charge >= 0.3 is 0 Å². The molecule has 0 aliphatic heterocycles. The van der Waals surface area contributed by atoms with Crippen LogP contribution in [0.5, 0.6) is 0 Å². The van der Waals surface area contributed by atoms with Crippen molar-refractivity contribution >= 4 is 33.9 Å². The Morgan fingerprint density at radius 3 is 2.68 bits per heavy atom. The molecule has 0 radical (unpaired) electrons. The Bertz CT molecular complexity index is 698. The minimum Gasteiger partial charge on any atom is -0.377 e. The largest absolute Gasteiger partial charge is 0.377 e.